The van der Waals surface area contributed by atoms with Crippen LogP contribution in [0.5, 0.6) is 0 Å². The number of thioether (sulfide) groups is 1. The molecule has 0 aromatic heterocycles. The van der Waals surface area contributed by atoms with E-state index in [9.17, 15) is 4.39 Å². The van der Waals surface area contributed by atoms with Gasteiger partial charge in [0.2, 0.25) is 0 Å². The lowest BCUT2D eigenvalue weighted by molar-refractivity contribution is 0.272. The summed E-state index contributed by atoms with van der Waals surface area (Å²) in [6.07, 6.45) is 1.30. The van der Waals surface area contributed by atoms with E-state index in [1.807, 2.05) is 11.8 Å². The minimum atomic E-state index is -0.185. The minimum absolute atomic E-state index is 0.185. The maximum absolute atomic E-state index is 12.7. The van der Waals surface area contributed by atoms with Crippen molar-refractivity contribution in [2.24, 2.45) is 0 Å². The van der Waals surface area contributed by atoms with Crippen molar-refractivity contribution in [3.63, 3.8) is 0 Å². The molecule has 2 nitrogen and oxygen atoms in total. The average molecular weight is 254 g/mol. The van der Waals surface area contributed by atoms with E-state index in [1.54, 1.807) is 12.1 Å². The van der Waals surface area contributed by atoms with Crippen molar-refractivity contribution in [3.05, 3.63) is 30.1 Å². The molecule has 1 aromatic rings. The van der Waals surface area contributed by atoms with Gasteiger partial charge in [-0.25, -0.2) is 4.39 Å². The average Bonchev–Trinajstić information content (AvgIpc) is 2.85. The van der Waals surface area contributed by atoms with Gasteiger partial charge in [0, 0.05) is 30.6 Å². The second-order valence-corrected chi connectivity index (χ2v) is 5.58. The van der Waals surface area contributed by atoms with E-state index in [4.69, 9.17) is 0 Å². The summed E-state index contributed by atoms with van der Waals surface area (Å²) in [5.41, 5.74) is 0.987. The van der Waals surface area contributed by atoms with Crippen molar-refractivity contribution < 1.29 is 4.39 Å². The molecule has 17 heavy (non-hydrogen) atoms. The predicted molar refractivity (Wildman–Crippen MR) is 73.2 cm³/mol. The van der Waals surface area contributed by atoms with E-state index < -0.39 is 0 Å². The molecule has 1 aliphatic heterocycles. The molecular formula is C13H19FN2S. The molecule has 0 bridgehead atoms. The van der Waals surface area contributed by atoms with Gasteiger partial charge in [0.25, 0.3) is 0 Å². The van der Waals surface area contributed by atoms with Gasteiger partial charge in [-0.3, -0.25) is 0 Å². The molecule has 1 aromatic carbocycles. The molecule has 0 saturated carbocycles. The zero-order valence-corrected chi connectivity index (χ0v) is 11.0. The summed E-state index contributed by atoms with van der Waals surface area (Å²) in [7, 11) is 2.18. The first-order valence-electron chi connectivity index (χ1n) is 6.03. The smallest absolute Gasteiger partial charge is 0.123 e. The lowest BCUT2D eigenvalue weighted by atomic mass is 10.2. The number of halogens is 1. The Labute approximate surface area is 107 Å². The van der Waals surface area contributed by atoms with Gasteiger partial charge < -0.3 is 10.2 Å². The third-order valence-electron chi connectivity index (χ3n) is 3.17. The summed E-state index contributed by atoms with van der Waals surface area (Å²) >= 11 is 2.04. The van der Waals surface area contributed by atoms with Crippen LogP contribution in [0.3, 0.4) is 0 Å². The van der Waals surface area contributed by atoms with Crippen LogP contribution in [0.15, 0.2) is 24.3 Å². The number of hydrogen-bond donors (Lipinski definition) is 1. The number of nitrogens with zero attached hydrogens (tertiary/aromatic N) is 1. The second-order valence-electron chi connectivity index (χ2n) is 4.43. The fourth-order valence-electron chi connectivity index (χ4n) is 2.00. The van der Waals surface area contributed by atoms with Crippen LogP contribution in [0.2, 0.25) is 0 Å². The molecule has 0 aliphatic carbocycles. The largest absolute Gasteiger partial charge is 0.384 e. The van der Waals surface area contributed by atoms with Crippen molar-refractivity contribution in [1.29, 1.82) is 0 Å². The molecule has 1 heterocycles. The lowest BCUT2D eigenvalue weighted by Gasteiger charge is -2.23. The molecule has 0 amide bonds. The Morgan fingerprint density at radius 1 is 1.41 bits per heavy atom. The molecule has 94 valence electrons. The molecule has 1 aliphatic rings. The maximum Gasteiger partial charge on any atom is 0.123 e. The molecule has 1 fully saturated rings. The van der Waals surface area contributed by atoms with Crippen LogP contribution in [0.1, 0.15) is 6.42 Å². The van der Waals surface area contributed by atoms with Gasteiger partial charge in [-0.15, -0.1) is 0 Å². The Bertz CT molecular complexity index is 336. The van der Waals surface area contributed by atoms with Crippen LogP contribution >= 0.6 is 11.8 Å². The summed E-state index contributed by atoms with van der Waals surface area (Å²) < 4.78 is 12.7. The summed E-state index contributed by atoms with van der Waals surface area (Å²) in [5, 5.41) is 3.31. The quantitative estimate of drug-likeness (QED) is 0.869. The third-order valence-corrected chi connectivity index (χ3v) is 4.31. The van der Waals surface area contributed by atoms with Crippen LogP contribution in [-0.2, 0) is 0 Å². The number of likely N-dealkylation sites (N-methyl/N-ethyl adjacent to an activating group) is 1. The molecule has 1 N–H and O–H groups in total. The highest BCUT2D eigenvalue weighted by molar-refractivity contribution is 7.99. The Kier molecular flexibility index (Phi) is 4.68. The van der Waals surface area contributed by atoms with E-state index in [0.29, 0.717) is 0 Å². The van der Waals surface area contributed by atoms with Gasteiger partial charge in [-0.1, -0.05) is 0 Å². The van der Waals surface area contributed by atoms with Crippen LogP contribution in [0.25, 0.3) is 0 Å². The summed E-state index contributed by atoms with van der Waals surface area (Å²) in [4.78, 5) is 2.41. The van der Waals surface area contributed by atoms with Crippen molar-refractivity contribution in [1.82, 2.24) is 4.90 Å². The lowest BCUT2D eigenvalue weighted by Crippen LogP contribution is -2.35. The van der Waals surface area contributed by atoms with Gasteiger partial charge in [0.1, 0.15) is 5.82 Å². The first-order valence-corrected chi connectivity index (χ1v) is 7.18. The van der Waals surface area contributed by atoms with E-state index >= 15 is 0 Å². The van der Waals surface area contributed by atoms with E-state index in [2.05, 4.69) is 17.3 Å². The maximum atomic E-state index is 12.7. The van der Waals surface area contributed by atoms with Gasteiger partial charge in [0.15, 0.2) is 0 Å². The Hall–Kier alpha value is -0.740. The zero-order chi connectivity index (χ0) is 12.1. The molecule has 0 spiro atoms. The van der Waals surface area contributed by atoms with E-state index in [1.165, 1.54) is 30.1 Å². The number of benzene rings is 1. The molecule has 1 atom stereocenters. The van der Waals surface area contributed by atoms with E-state index in [-0.39, 0.29) is 5.82 Å². The molecular weight excluding hydrogens is 235 g/mol. The number of anilines is 1. The highest BCUT2D eigenvalue weighted by Crippen LogP contribution is 2.20. The fraction of sp³-hybridized carbons (Fsp3) is 0.538. The Morgan fingerprint density at radius 2 is 2.18 bits per heavy atom. The first-order chi connectivity index (χ1) is 8.25. The van der Waals surface area contributed by atoms with Crippen LogP contribution < -0.4 is 5.32 Å². The van der Waals surface area contributed by atoms with Crippen molar-refractivity contribution in [2.75, 3.05) is 37.0 Å². The number of hydrogen-bond acceptors (Lipinski definition) is 3. The van der Waals surface area contributed by atoms with E-state index in [0.717, 1.165) is 24.8 Å². The number of rotatable bonds is 5. The molecule has 0 radical (unpaired) electrons. The Balaban J connectivity index is 1.70. The van der Waals surface area contributed by atoms with Crippen LogP contribution in [-0.4, -0.2) is 42.6 Å². The second kappa shape index (κ2) is 6.26. The standard InChI is InChI=1S/C13H19FN2S/c1-16(13-6-9-17-10-13)8-7-15-12-4-2-11(14)3-5-12/h2-5,13,15H,6-10H2,1H3. The van der Waals surface area contributed by atoms with Gasteiger partial charge in [-0.2, -0.15) is 11.8 Å². The topological polar surface area (TPSA) is 15.3 Å². The molecule has 1 unspecified atom stereocenters. The fourth-order valence-corrected chi connectivity index (χ4v) is 3.30. The Morgan fingerprint density at radius 3 is 2.82 bits per heavy atom. The summed E-state index contributed by atoms with van der Waals surface area (Å²) in [5.74, 6) is 2.36. The molecule has 4 heteroatoms. The SMILES string of the molecule is CN(CCNc1ccc(F)cc1)C1CCSC1. The predicted octanol–water partition coefficient (Wildman–Crippen LogP) is 2.67. The minimum Gasteiger partial charge on any atom is -0.384 e. The summed E-state index contributed by atoms with van der Waals surface area (Å²) in [6, 6.07) is 7.26. The van der Waals surface area contributed by atoms with Crippen molar-refractivity contribution in [3.8, 4) is 0 Å². The van der Waals surface area contributed by atoms with Crippen molar-refractivity contribution in [2.45, 2.75) is 12.5 Å². The highest BCUT2D eigenvalue weighted by Gasteiger charge is 2.19. The van der Waals surface area contributed by atoms with Crippen molar-refractivity contribution >= 4 is 17.4 Å². The zero-order valence-electron chi connectivity index (χ0n) is 10.2. The van der Waals surface area contributed by atoms with Gasteiger partial charge in [-0.05, 0) is 43.5 Å². The van der Waals surface area contributed by atoms with Crippen LogP contribution in [0, 0.1) is 5.82 Å². The summed E-state index contributed by atoms with van der Waals surface area (Å²) in [6.45, 7) is 1.94. The molecule has 1 saturated heterocycles. The third kappa shape index (κ3) is 3.89. The number of nitrogens with one attached hydrogen (secondary N) is 1. The van der Waals surface area contributed by atoms with Gasteiger partial charge >= 0.3 is 0 Å². The van der Waals surface area contributed by atoms with Crippen LogP contribution in [0.4, 0.5) is 10.1 Å². The molecule has 2 rings (SSSR count). The first kappa shape index (κ1) is 12.7. The normalized spacial score (nSPS) is 19.8. The monoisotopic (exact) mass is 254 g/mol. The highest BCUT2D eigenvalue weighted by atomic mass is 32.2. The van der Waals surface area contributed by atoms with Gasteiger partial charge in [0.05, 0.1) is 0 Å².